The summed E-state index contributed by atoms with van der Waals surface area (Å²) in [6, 6.07) is 14.6. The molecule has 0 bridgehead atoms. The van der Waals surface area contributed by atoms with E-state index in [0.717, 1.165) is 10.4 Å². The second-order valence-corrected chi connectivity index (χ2v) is 5.13. The van der Waals surface area contributed by atoms with Crippen LogP contribution in [0.4, 0.5) is 0 Å². The minimum absolute atomic E-state index is 0.379. The summed E-state index contributed by atoms with van der Waals surface area (Å²) in [5.74, 6) is -0.379. The Kier molecular flexibility index (Phi) is 2.89. The molecule has 0 saturated heterocycles. The van der Waals surface area contributed by atoms with Gasteiger partial charge in [0.05, 0.1) is 0 Å². The number of halogens is 1. The van der Waals surface area contributed by atoms with E-state index >= 15 is 0 Å². The SMILES string of the molecule is O=c1oc2ccccc2n1Sc1ccc(Cl)cc1. The zero-order chi connectivity index (χ0) is 12.5. The summed E-state index contributed by atoms with van der Waals surface area (Å²) in [6.45, 7) is 0. The van der Waals surface area contributed by atoms with E-state index < -0.39 is 0 Å². The van der Waals surface area contributed by atoms with Crippen LogP contribution >= 0.6 is 23.5 Å². The molecule has 3 aromatic rings. The zero-order valence-corrected chi connectivity index (χ0v) is 10.7. The fourth-order valence-corrected chi connectivity index (χ4v) is 2.59. The fourth-order valence-electron chi connectivity index (χ4n) is 1.63. The maximum absolute atomic E-state index is 11.8. The lowest BCUT2D eigenvalue weighted by molar-refractivity contribution is 0.550. The van der Waals surface area contributed by atoms with Gasteiger partial charge in [0.2, 0.25) is 0 Å². The Morgan fingerprint density at radius 2 is 1.78 bits per heavy atom. The van der Waals surface area contributed by atoms with Crippen LogP contribution in [0, 0.1) is 0 Å². The third-order valence-corrected chi connectivity index (χ3v) is 3.72. The fraction of sp³-hybridized carbons (Fsp3) is 0. The lowest BCUT2D eigenvalue weighted by Gasteiger charge is -2.01. The van der Waals surface area contributed by atoms with Crippen molar-refractivity contribution < 1.29 is 4.42 Å². The molecular formula is C13H8ClNO2S. The molecule has 0 atom stereocenters. The van der Waals surface area contributed by atoms with Gasteiger partial charge in [-0.2, -0.15) is 0 Å². The summed E-state index contributed by atoms with van der Waals surface area (Å²) in [6.07, 6.45) is 0. The van der Waals surface area contributed by atoms with Crippen LogP contribution in [0.25, 0.3) is 11.1 Å². The summed E-state index contributed by atoms with van der Waals surface area (Å²) in [7, 11) is 0. The van der Waals surface area contributed by atoms with Gasteiger partial charge in [0, 0.05) is 9.92 Å². The molecule has 0 aliphatic carbocycles. The highest BCUT2D eigenvalue weighted by Gasteiger charge is 2.09. The molecule has 0 unspecified atom stereocenters. The molecule has 1 heterocycles. The van der Waals surface area contributed by atoms with Crippen molar-refractivity contribution in [1.29, 1.82) is 0 Å². The quantitative estimate of drug-likeness (QED) is 0.715. The molecule has 0 N–H and O–H groups in total. The normalized spacial score (nSPS) is 10.9. The second kappa shape index (κ2) is 4.55. The van der Waals surface area contributed by atoms with Crippen LogP contribution in [0.2, 0.25) is 5.02 Å². The van der Waals surface area contributed by atoms with Crippen LogP contribution in [0.5, 0.6) is 0 Å². The number of hydrogen-bond acceptors (Lipinski definition) is 3. The number of rotatable bonds is 2. The van der Waals surface area contributed by atoms with Gasteiger partial charge >= 0.3 is 5.76 Å². The van der Waals surface area contributed by atoms with Gasteiger partial charge in [-0.05, 0) is 48.3 Å². The largest absolute Gasteiger partial charge is 0.430 e. The first-order valence-corrected chi connectivity index (χ1v) is 6.44. The molecule has 0 amide bonds. The predicted molar refractivity (Wildman–Crippen MR) is 73.2 cm³/mol. The lowest BCUT2D eigenvalue weighted by Crippen LogP contribution is -2.06. The van der Waals surface area contributed by atoms with Gasteiger partial charge in [-0.15, -0.1) is 0 Å². The van der Waals surface area contributed by atoms with Crippen molar-refractivity contribution in [2.45, 2.75) is 4.90 Å². The predicted octanol–water partition coefficient (Wildman–Crippen LogP) is 3.80. The van der Waals surface area contributed by atoms with Gasteiger partial charge < -0.3 is 4.42 Å². The van der Waals surface area contributed by atoms with Gasteiger partial charge in [-0.3, -0.25) is 0 Å². The molecule has 0 aliphatic rings. The molecule has 0 radical (unpaired) electrons. The third kappa shape index (κ3) is 2.05. The van der Waals surface area contributed by atoms with E-state index in [2.05, 4.69) is 0 Å². The number of hydrogen-bond donors (Lipinski definition) is 0. The van der Waals surface area contributed by atoms with Crippen LogP contribution in [-0.2, 0) is 0 Å². The highest BCUT2D eigenvalue weighted by Crippen LogP contribution is 2.25. The van der Waals surface area contributed by atoms with Crippen molar-refractivity contribution in [1.82, 2.24) is 3.97 Å². The number of fused-ring (bicyclic) bond motifs is 1. The van der Waals surface area contributed by atoms with Crippen molar-refractivity contribution in [3.05, 3.63) is 64.1 Å². The molecule has 0 aliphatic heterocycles. The van der Waals surface area contributed by atoms with Crippen LogP contribution in [0.1, 0.15) is 0 Å². The van der Waals surface area contributed by atoms with E-state index in [9.17, 15) is 4.79 Å². The summed E-state index contributed by atoms with van der Waals surface area (Å²) >= 11 is 7.13. The van der Waals surface area contributed by atoms with Crippen molar-refractivity contribution >= 4 is 34.6 Å². The number of oxazole rings is 1. The summed E-state index contributed by atoms with van der Waals surface area (Å²) in [4.78, 5) is 12.7. The van der Waals surface area contributed by atoms with Crippen LogP contribution < -0.4 is 5.76 Å². The van der Waals surface area contributed by atoms with E-state index in [1.165, 1.54) is 15.9 Å². The first kappa shape index (κ1) is 11.4. The molecule has 18 heavy (non-hydrogen) atoms. The van der Waals surface area contributed by atoms with Crippen molar-refractivity contribution in [3.8, 4) is 0 Å². The van der Waals surface area contributed by atoms with Crippen LogP contribution in [0.15, 0.2) is 62.6 Å². The minimum Gasteiger partial charge on any atom is -0.407 e. The van der Waals surface area contributed by atoms with Crippen LogP contribution in [0.3, 0.4) is 0 Å². The molecule has 3 rings (SSSR count). The Hall–Kier alpha value is -1.65. The van der Waals surface area contributed by atoms with Gasteiger partial charge in [-0.25, -0.2) is 8.77 Å². The summed E-state index contributed by atoms with van der Waals surface area (Å²) in [5, 5.41) is 0.670. The molecule has 2 aromatic carbocycles. The van der Waals surface area contributed by atoms with E-state index in [1.54, 1.807) is 18.2 Å². The highest BCUT2D eigenvalue weighted by molar-refractivity contribution is 7.98. The standard InChI is InChI=1S/C13H8ClNO2S/c14-9-5-7-10(8-6-9)18-15-11-3-1-2-4-12(11)17-13(15)16/h1-8H. The highest BCUT2D eigenvalue weighted by atomic mass is 35.5. The Balaban J connectivity index is 2.07. The van der Waals surface area contributed by atoms with E-state index in [0.29, 0.717) is 10.6 Å². The average Bonchev–Trinajstić information content (AvgIpc) is 2.69. The monoisotopic (exact) mass is 277 g/mol. The number of nitrogens with zero attached hydrogens (tertiary/aromatic N) is 1. The van der Waals surface area contributed by atoms with Crippen LogP contribution in [-0.4, -0.2) is 3.97 Å². The molecule has 5 heteroatoms. The Morgan fingerprint density at radius 3 is 2.56 bits per heavy atom. The van der Waals surface area contributed by atoms with Gasteiger partial charge in [0.15, 0.2) is 5.58 Å². The maximum Gasteiger partial charge on any atom is 0.430 e. The first-order valence-electron chi connectivity index (χ1n) is 5.28. The number of benzene rings is 2. The molecule has 0 fully saturated rings. The average molecular weight is 278 g/mol. The van der Waals surface area contributed by atoms with E-state index in [1.807, 2.05) is 30.3 Å². The number of para-hydroxylation sites is 2. The minimum atomic E-state index is -0.379. The van der Waals surface area contributed by atoms with E-state index in [4.69, 9.17) is 16.0 Å². The second-order valence-electron chi connectivity index (χ2n) is 3.68. The van der Waals surface area contributed by atoms with Gasteiger partial charge in [0.25, 0.3) is 0 Å². The topological polar surface area (TPSA) is 35.1 Å². The Bertz CT molecular complexity index is 746. The Morgan fingerprint density at radius 1 is 1.06 bits per heavy atom. The lowest BCUT2D eigenvalue weighted by atomic mass is 10.3. The van der Waals surface area contributed by atoms with Gasteiger partial charge in [0.1, 0.15) is 5.52 Å². The summed E-state index contributed by atoms with van der Waals surface area (Å²) < 4.78 is 6.68. The molecule has 3 nitrogen and oxygen atoms in total. The molecule has 0 spiro atoms. The van der Waals surface area contributed by atoms with E-state index in [-0.39, 0.29) is 5.76 Å². The smallest absolute Gasteiger partial charge is 0.407 e. The van der Waals surface area contributed by atoms with Gasteiger partial charge in [-0.1, -0.05) is 23.7 Å². The Labute approximate surface area is 112 Å². The molecule has 1 aromatic heterocycles. The molecular weight excluding hydrogens is 270 g/mol. The molecule has 90 valence electrons. The van der Waals surface area contributed by atoms with Crippen molar-refractivity contribution in [3.63, 3.8) is 0 Å². The number of aromatic nitrogens is 1. The first-order chi connectivity index (χ1) is 8.74. The van der Waals surface area contributed by atoms with Crippen molar-refractivity contribution in [2.24, 2.45) is 0 Å². The third-order valence-electron chi connectivity index (χ3n) is 2.46. The zero-order valence-electron chi connectivity index (χ0n) is 9.17. The van der Waals surface area contributed by atoms with Crippen molar-refractivity contribution in [2.75, 3.05) is 0 Å². The molecule has 0 saturated carbocycles. The maximum atomic E-state index is 11.8. The summed E-state index contributed by atoms with van der Waals surface area (Å²) in [5.41, 5.74) is 1.35.